The summed E-state index contributed by atoms with van der Waals surface area (Å²) in [4.78, 5) is 16.2. The van der Waals surface area contributed by atoms with Crippen molar-refractivity contribution < 1.29 is 14.3 Å². The first-order valence-corrected chi connectivity index (χ1v) is 8.10. The van der Waals surface area contributed by atoms with Crippen molar-refractivity contribution >= 4 is 5.91 Å². The van der Waals surface area contributed by atoms with Crippen LogP contribution in [0.4, 0.5) is 0 Å². The fourth-order valence-electron chi connectivity index (χ4n) is 2.07. The smallest absolute Gasteiger partial charge is 0.251 e. The Balaban J connectivity index is 2.08. The molecule has 0 aliphatic carbocycles. The number of benzene rings is 1. The summed E-state index contributed by atoms with van der Waals surface area (Å²) in [6.07, 6.45) is 3.44. The van der Waals surface area contributed by atoms with Gasteiger partial charge in [0.25, 0.3) is 5.91 Å². The molecular weight excluding hydrogens is 318 g/mol. The minimum atomic E-state index is -0.248. The second-order valence-electron chi connectivity index (χ2n) is 5.48. The maximum absolute atomic E-state index is 12.2. The Morgan fingerprint density at radius 3 is 2.84 bits per heavy atom. The monoisotopic (exact) mass is 339 g/mol. The number of ether oxygens (including phenoxy) is 2. The van der Waals surface area contributed by atoms with Gasteiger partial charge in [-0.2, -0.15) is 5.26 Å². The van der Waals surface area contributed by atoms with Crippen molar-refractivity contribution in [3.8, 4) is 17.6 Å². The Hall–Kier alpha value is -3.07. The normalized spacial score (nSPS) is 11.2. The van der Waals surface area contributed by atoms with Crippen molar-refractivity contribution in [2.24, 2.45) is 5.92 Å². The quantitative estimate of drug-likeness (QED) is 0.799. The number of carbonyl (C=O) groups excluding carboxylic acids is 1. The van der Waals surface area contributed by atoms with Gasteiger partial charge < -0.3 is 14.8 Å². The summed E-state index contributed by atoms with van der Waals surface area (Å²) in [7, 11) is 0. The number of aromatic nitrogens is 1. The highest BCUT2D eigenvalue weighted by molar-refractivity contribution is 5.94. The zero-order chi connectivity index (χ0) is 18.1. The van der Waals surface area contributed by atoms with E-state index >= 15 is 0 Å². The van der Waals surface area contributed by atoms with Crippen LogP contribution in [-0.2, 0) is 6.61 Å². The minimum absolute atomic E-state index is 0.239. The van der Waals surface area contributed by atoms with Crippen molar-refractivity contribution in [2.75, 3.05) is 13.2 Å². The Bertz CT molecular complexity index is 741. The first-order chi connectivity index (χ1) is 12.1. The van der Waals surface area contributed by atoms with Gasteiger partial charge in [0.2, 0.25) is 0 Å². The first-order valence-electron chi connectivity index (χ1n) is 8.10. The highest BCUT2D eigenvalue weighted by Gasteiger charge is 2.12. The third-order valence-corrected chi connectivity index (χ3v) is 3.41. The number of nitrogens with zero attached hydrogens (tertiary/aromatic N) is 2. The Kier molecular flexibility index (Phi) is 6.78. The lowest BCUT2D eigenvalue weighted by Crippen LogP contribution is -2.27. The van der Waals surface area contributed by atoms with Crippen molar-refractivity contribution in [3.05, 3.63) is 53.9 Å². The van der Waals surface area contributed by atoms with Crippen molar-refractivity contribution in [1.82, 2.24) is 10.3 Å². The van der Waals surface area contributed by atoms with Gasteiger partial charge in [-0.05, 0) is 38.1 Å². The lowest BCUT2D eigenvalue weighted by Gasteiger charge is -2.13. The summed E-state index contributed by atoms with van der Waals surface area (Å²) >= 11 is 0. The van der Waals surface area contributed by atoms with E-state index in [9.17, 15) is 4.79 Å². The van der Waals surface area contributed by atoms with Crippen LogP contribution in [-0.4, -0.2) is 24.0 Å². The lowest BCUT2D eigenvalue weighted by atomic mass is 10.1. The van der Waals surface area contributed by atoms with Crippen LogP contribution in [0.3, 0.4) is 0 Å². The molecule has 1 atom stereocenters. The van der Waals surface area contributed by atoms with Crippen molar-refractivity contribution in [3.63, 3.8) is 0 Å². The van der Waals surface area contributed by atoms with Crippen LogP contribution in [0.5, 0.6) is 11.5 Å². The SMILES string of the molecule is CCOc1cc(C(=O)NCC(C)C#N)ccc1OCc1cccnc1. The fraction of sp³-hybridized carbons (Fsp3) is 0.316. The molecule has 1 aromatic carbocycles. The summed E-state index contributed by atoms with van der Waals surface area (Å²) in [5.74, 6) is 0.583. The third kappa shape index (κ3) is 5.50. The number of rotatable bonds is 8. The van der Waals surface area contributed by atoms with E-state index in [-0.39, 0.29) is 11.8 Å². The maximum atomic E-state index is 12.2. The first kappa shape index (κ1) is 18.3. The molecule has 1 aromatic heterocycles. The van der Waals surface area contributed by atoms with E-state index in [0.29, 0.717) is 36.8 Å². The van der Waals surface area contributed by atoms with Crippen LogP contribution >= 0.6 is 0 Å². The van der Waals surface area contributed by atoms with Gasteiger partial charge in [-0.1, -0.05) is 6.07 Å². The van der Waals surface area contributed by atoms with E-state index in [2.05, 4.69) is 16.4 Å². The van der Waals surface area contributed by atoms with Gasteiger partial charge in [0, 0.05) is 30.1 Å². The van der Waals surface area contributed by atoms with E-state index in [4.69, 9.17) is 14.7 Å². The van der Waals surface area contributed by atoms with Crippen LogP contribution in [0.2, 0.25) is 0 Å². The van der Waals surface area contributed by atoms with Crippen LogP contribution in [0.1, 0.15) is 29.8 Å². The molecule has 1 unspecified atom stereocenters. The van der Waals surface area contributed by atoms with Gasteiger partial charge >= 0.3 is 0 Å². The van der Waals surface area contributed by atoms with Crippen LogP contribution < -0.4 is 14.8 Å². The predicted octanol–water partition coefficient (Wildman–Crippen LogP) is 2.95. The molecule has 25 heavy (non-hydrogen) atoms. The second kappa shape index (κ2) is 9.28. The molecule has 6 heteroatoms. The zero-order valence-corrected chi connectivity index (χ0v) is 14.4. The molecule has 2 aromatic rings. The Labute approximate surface area is 147 Å². The number of amides is 1. The molecule has 0 radical (unpaired) electrons. The zero-order valence-electron chi connectivity index (χ0n) is 14.4. The number of pyridine rings is 1. The van der Waals surface area contributed by atoms with E-state index in [1.807, 2.05) is 19.1 Å². The summed E-state index contributed by atoms with van der Waals surface area (Å²) < 4.78 is 11.4. The third-order valence-electron chi connectivity index (χ3n) is 3.41. The highest BCUT2D eigenvalue weighted by atomic mass is 16.5. The average molecular weight is 339 g/mol. The van der Waals surface area contributed by atoms with Gasteiger partial charge in [-0.15, -0.1) is 0 Å². The molecular formula is C19H21N3O3. The van der Waals surface area contributed by atoms with E-state index in [1.54, 1.807) is 37.5 Å². The number of nitriles is 1. The van der Waals surface area contributed by atoms with Crippen molar-refractivity contribution in [1.29, 1.82) is 5.26 Å². The minimum Gasteiger partial charge on any atom is -0.490 e. The molecule has 6 nitrogen and oxygen atoms in total. The average Bonchev–Trinajstić information content (AvgIpc) is 2.65. The topological polar surface area (TPSA) is 84.2 Å². The molecule has 0 bridgehead atoms. The van der Waals surface area contributed by atoms with E-state index in [0.717, 1.165) is 5.56 Å². The maximum Gasteiger partial charge on any atom is 0.251 e. The Morgan fingerprint density at radius 1 is 1.32 bits per heavy atom. The fourth-order valence-corrected chi connectivity index (χ4v) is 2.07. The second-order valence-corrected chi connectivity index (χ2v) is 5.48. The van der Waals surface area contributed by atoms with Crippen LogP contribution in [0, 0.1) is 17.2 Å². The molecule has 130 valence electrons. The van der Waals surface area contributed by atoms with Crippen LogP contribution in [0.15, 0.2) is 42.7 Å². The molecule has 1 heterocycles. The van der Waals surface area contributed by atoms with Gasteiger partial charge in [0.15, 0.2) is 11.5 Å². The number of carbonyl (C=O) groups is 1. The molecule has 0 saturated carbocycles. The molecule has 0 aliphatic heterocycles. The molecule has 2 rings (SSSR count). The molecule has 0 saturated heterocycles. The van der Waals surface area contributed by atoms with E-state index < -0.39 is 0 Å². The summed E-state index contributed by atoms with van der Waals surface area (Å²) in [5, 5.41) is 11.5. The summed E-state index contributed by atoms with van der Waals surface area (Å²) in [6.45, 7) is 4.74. The largest absolute Gasteiger partial charge is 0.490 e. The van der Waals surface area contributed by atoms with Crippen LogP contribution in [0.25, 0.3) is 0 Å². The molecule has 0 spiro atoms. The molecule has 0 fully saturated rings. The number of hydrogen-bond acceptors (Lipinski definition) is 5. The van der Waals surface area contributed by atoms with E-state index in [1.165, 1.54) is 0 Å². The molecule has 0 aliphatic rings. The van der Waals surface area contributed by atoms with Gasteiger partial charge in [0.1, 0.15) is 6.61 Å². The summed E-state index contributed by atoms with van der Waals surface area (Å²) in [6, 6.07) is 10.9. The van der Waals surface area contributed by atoms with Crippen molar-refractivity contribution in [2.45, 2.75) is 20.5 Å². The number of hydrogen-bond donors (Lipinski definition) is 1. The summed E-state index contributed by atoms with van der Waals surface area (Å²) in [5.41, 5.74) is 1.40. The highest BCUT2D eigenvalue weighted by Crippen LogP contribution is 2.29. The van der Waals surface area contributed by atoms with Gasteiger partial charge in [0.05, 0.1) is 18.6 Å². The van der Waals surface area contributed by atoms with Gasteiger partial charge in [-0.3, -0.25) is 9.78 Å². The standard InChI is InChI=1S/C19H21N3O3/c1-3-24-18-9-16(19(23)22-11-14(2)10-20)6-7-17(18)25-13-15-5-4-8-21-12-15/h4-9,12,14H,3,11,13H2,1-2H3,(H,22,23). The molecule has 1 N–H and O–H groups in total. The lowest BCUT2D eigenvalue weighted by molar-refractivity contribution is 0.0950. The molecule has 1 amide bonds. The van der Waals surface area contributed by atoms with Gasteiger partial charge in [-0.25, -0.2) is 0 Å². The predicted molar refractivity (Wildman–Crippen MR) is 93.3 cm³/mol. The Morgan fingerprint density at radius 2 is 2.16 bits per heavy atom. The number of nitrogens with one attached hydrogen (secondary N) is 1.